The van der Waals surface area contributed by atoms with Crippen molar-refractivity contribution in [2.75, 3.05) is 0 Å². The molecular weight excluding hydrogens is 250 g/mol. The molecule has 0 fully saturated rings. The van der Waals surface area contributed by atoms with Crippen molar-refractivity contribution in [2.45, 2.75) is 26.7 Å². The Labute approximate surface area is 119 Å². The first-order valence-electron chi connectivity index (χ1n) is 6.65. The molecule has 0 aliphatic heterocycles. The van der Waals surface area contributed by atoms with Crippen molar-refractivity contribution in [1.29, 1.82) is 0 Å². The molecule has 0 unspecified atom stereocenters. The Kier molecular flexibility index (Phi) is 4.08. The Bertz CT molecular complexity index is 622. The third-order valence-electron chi connectivity index (χ3n) is 3.09. The Hall–Kier alpha value is -2.29. The lowest BCUT2D eigenvalue weighted by atomic mass is 9.98. The molecule has 0 atom stereocenters. The van der Waals surface area contributed by atoms with Crippen LogP contribution in [-0.2, 0) is 0 Å². The highest BCUT2D eigenvalue weighted by atomic mass is 16.3. The van der Waals surface area contributed by atoms with E-state index in [1.54, 1.807) is 12.1 Å². The van der Waals surface area contributed by atoms with Crippen molar-refractivity contribution in [3.63, 3.8) is 0 Å². The third kappa shape index (κ3) is 3.18. The van der Waals surface area contributed by atoms with E-state index < -0.39 is 0 Å². The van der Waals surface area contributed by atoms with Crippen LogP contribution in [0, 0.1) is 6.92 Å². The largest absolute Gasteiger partial charge is 0.507 e. The van der Waals surface area contributed by atoms with Crippen LogP contribution in [0.25, 0.3) is 12.2 Å². The Morgan fingerprint density at radius 2 is 1.70 bits per heavy atom. The summed E-state index contributed by atoms with van der Waals surface area (Å²) in [6.07, 6.45) is 3.68. The summed E-state index contributed by atoms with van der Waals surface area (Å²) in [7, 11) is 0. The standard InChI is InChI=1S/C17H19NO2/c1-11(2)17-15(19)9-13(10-16(17)20)7-8-14-6-4-5-12(3)18-14/h4-11,19-20H,1-3H3. The van der Waals surface area contributed by atoms with E-state index >= 15 is 0 Å². The molecule has 0 saturated heterocycles. The lowest BCUT2D eigenvalue weighted by Crippen LogP contribution is -1.90. The highest BCUT2D eigenvalue weighted by Gasteiger charge is 2.12. The Balaban J connectivity index is 2.31. The molecule has 1 aromatic carbocycles. The first-order valence-corrected chi connectivity index (χ1v) is 6.65. The summed E-state index contributed by atoms with van der Waals surface area (Å²) in [5.74, 6) is 0.320. The lowest BCUT2D eigenvalue weighted by molar-refractivity contribution is 0.433. The number of pyridine rings is 1. The van der Waals surface area contributed by atoms with Gasteiger partial charge in [0.25, 0.3) is 0 Å². The molecule has 104 valence electrons. The van der Waals surface area contributed by atoms with Gasteiger partial charge in [-0.3, -0.25) is 4.98 Å². The molecule has 3 heteroatoms. The molecule has 0 aliphatic carbocycles. The predicted octanol–water partition coefficient (Wildman–Crippen LogP) is 4.10. The second kappa shape index (κ2) is 5.78. The summed E-state index contributed by atoms with van der Waals surface area (Å²) in [6.45, 7) is 5.80. The number of benzene rings is 1. The first-order chi connectivity index (χ1) is 9.47. The third-order valence-corrected chi connectivity index (χ3v) is 3.09. The van der Waals surface area contributed by atoms with E-state index in [0.717, 1.165) is 17.0 Å². The SMILES string of the molecule is Cc1cccc(C=Cc2cc(O)c(C(C)C)c(O)c2)n1. The highest BCUT2D eigenvalue weighted by molar-refractivity contribution is 5.70. The molecule has 1 aromatic heterocycles. The van der Waals surface area contributed by atoms with Gasteiger partial charge in [-0.25, -0.2) is 0 Å². The van der Waals surface area contributed by atoms with Crippen LogP contribution in [-0.4, -0.2) is 15.2 Å². The predicted molar refractivity (Wildman–Crippen MR) is 81.8 cm³/mol. The second-order valence-corrected chi connectivity index (χ2v) is 5.16. The van der Waals surface area contributed by atoms with E-state index in [-0.39, 0.29) is 17.4 Å². The van der Waals surface area contributed by atoms with Crippen LogP contribution in [0.4, 0.5) is 0 Å². The number of phenols is 2. The summed E-state index contributed by atoms with van der Waals surface area (Å²) in [5, 5.41) is 19.9. The van der Waals surface area contributed by atoms with Crippen LogP contribution in [0.5, 0.6) is 11.5 Å². The van der Waals surface area contributed by atoms with Gasteiger partial charge in [0, 0.05) is 11.3 Å². The summed E-state index contributed by atoms with van der Waals surface area (Å²) >= 11 is 0. The van der Waals surface area contributed by atoms with Crippen molar-refractivity contribution < 1.29 is 10.2 Å². The van der Waals surface area contributed by atoms with Crippen molar-refractivity contribution >= 4 is 12.2 Å². The fraction of sp³-hybridized carbons (Fsp3) is 0.235. The van der Waals surface area contributed by atoms with Crippen LogP contribution in [0.2, 0.25) is 0 Å². The normalized spacial score (nSPS) is 11.4. The molecule has 0 saturated carbocycles. The van der Waals surface area contributed by atoms with Crippen molar-refractivity contribution in [2.24, 2.45) is 0 Å². The molecule has 1 heterocycles. The lowest BCUT2D eigenvalue weighted by Gasteiger charge is -2.11. The van der Waals surface area contributed by atoms with Gasteiger partial charge in [-0.1, -0.05) is 26.0 Å². The number of nitrogens with zero attached hydrogens (tertiary/aromatic N) is 1. The Morgan fingerprint density at radius 3 is 2.25 bits per heavy atom. The van der Waals surface area contributed by atoms with E-state index in [0.29, 0.717) is 5.56 Å². The molecule has 0 amide bonds. The fourth-order valence-corrected chi connectivity index (χ4v) is 2.17. The van der Waals surface area contributed by atoms with Crippen molar-refractivity contribution in [1.82, 2.24) is 4.98 Å². The Morgan fingerprint density at radius 1 is 1.05 bits per heavy atom. The van der Waals surface area contributed by atoms with Gasteiger partial charge >= 0.3 is 0 Å². The maximum atomic E-state index is 9.97. The van der Waals surface area contributed by atoms with Crippen LogP contribution >= 0.6 is 0 Å². The average molecular weight is 269 g/mol. The van der Waals surface area contributed by atoms with E-state index in [1.807, 2.05) is 51.1 Å². The number of phenolic OH excluding ortho intramolecular Hbond substituents is 2. The smallest absolute Gasteiger partial charge is 0.123 e. The van der Waals surface area contributed by atoms with Gasteiger partial charge in [0.2, 0.25) is 0 Å². The zero-order valence-corrected chi connectivity index (χ0v) is 12.0. The van der Waals surface area contributed by atoms with Crippen LogP contribution in [0.15, 0.2) is 30.3 Å². The van der Waals surface area contributed by atoms with E-state index in [1.165, 1.54) is 0 Å². The molecule has 2 N–H and O–H groups in total. The maximum absolute atomic E-state index is 9.97. The second-order valence-electron chi connectivity index (χ2n) is 5.16. The van der Waals surface area contributed by atoms with Gasteiger partial charge in [0.1, 0.15) is 11.5 Å². The van der Waals surface area contributed by atoms with Crippen LogP contribution < -0.4 is 0 Å². The highest BCUT2D eigenvalue weighted by Crippen LogP contribution is 2.35. The van der Waals surface area contributed by atoms with Gasteiger partial charge in [-0.15, -0.1) is 0 Å². The van der Waals surface area contributed by atoms with E-state index in [2.05, 4.69) is 4.98 Å². The van der Waals surface area contributed by atoms with Gasteiger partial charge < -0.3 is 10.2 Å². The molecule has 0 aliphatic rings. The average Bonchev–Trinajstić information content (AvgIpc) is 2.35. The zero-order valence-electron chi connectivity index (χ0n) is 12.0. The number of hydrogen-bond donors (Lipinski definition) is 2. The van der Waals surface area contributed by atoms with E-state index in [4.69, 9.17) is 0 Å². The molecule has 0 bridgehead atoms. The maximum Gasteiger partial charge on any atom is 0.123 e. The summed E-state index contributed by atoms with van der Waals surface area (Å²) in [4.78, 5) is 4.37. The number of rotatable bonds is 3. The van der Waals surface area contributed by atoms with E-state index in [9.17, 15) is 10.2 Å². The molecule has 2 rings (SSSR count). The van der Waals surface area contributed by atoms with Crippen molar-refractivity contribution in [3.05, 3.63) is 52.8 Å². The molecule has 2 aromatic rings. The van der Waals surface area contributed by atoms with Gasteiger partial charge in [0.15, 0.2) is 0 Å². The summed E-state index contributed by atoms with van der Waals surface area (Å²) in [6, 6.07) is 9.10. The quantitative estimate of drug-likeness (QED) is 0.882. The van der Waals surface area contributed by atoms with Gasteiger partial charge in [-0.05, 0) is 48.7 Å². The molecule has 3 nitrogen and oxygen atoms in total. The number of aromatic hydroxyl groups is 2. The molecule has 0 spiro atoms. The minimum absolute atomic E-state index is 0.0754. The minimum atomic E-state index is 0.0754. The summed E-state index contributed by atoms with van der Waals surface area (Å²) < 4.78 is 0. The zero-order chi connectivity index (χ0) is 14.7. The van der Waals surface area contributed by atoms with Gasteiger partial charge in [-0.2, -0.15) is 0 Å². The van der Waals surface area contributed by atoms with Crippen LogP contribution in [0.1, 0.15) is 42.3 Å². The topological polar surface area (TPSA) is 53.4 Å². The number of aryl methyl sites for hydroxylation is 1. The monoisotopic (exact) mass is 269 g/mol. The van der Waals surface area contributed by atoms with Crippen LogP contribution in [0.3, 0.4) is 0 Å². The number of aromatic nitrogens is 1. The fourth-order valence-electron chi connectivity index (χ4n) is 2.17. The molecule has 20 heavy (non-hydrogen) atoms. The molecule has 0 radical (unpaired) electrons. The van der Waals surface area contributed by atoms with Crippen molar-refractivity contribution in [3.8, 4) is 11.5 Å². The number of hydrogen-bond acceptors (Lipinski definition) is 3. The first kappa shape index (κ1) is 14.1. The minimum Gasteiger partial charge on any atom is -0.507 e. The summed E-state index contributed by atoms with van der Waals surface area (Å²) in [5.41, 5.74) is 3.12. The van der Waals surface area contributed by atoms with Gasteiger partial charge in [0.05, 0.1) is 5.69 Å². The molecular formula is C17H19NO2.